The highest BCUT2D eigenvalue weighted by molar-refractivity contribution is 5.38. The molecular formula is C16H25NO4. The molecular weight excluding hydrogens is 270 g/mol. The van der Waals surface area contributed by atoms with Gasteiger partial charge in [-0.1, -0.05) is 11.6 Å². The quantitative estimate of drug-likeness (QED) is 0.735. The second-order valence-corrected chi connectivity index (χ2v) is 5.73. The summed E-state index contributed by atoms with van der Waals surface area (Å²) in [4.78, 5) is 0. The van der Waals surface area contributed by atoms with Crippen molar-refractivity contribution >= 4 is 0 Å². The third-order valence-corrected chi connectivity index (χ3v) is 3.96. The predicted molar refractivity (Wildman–Crippen MR) is 80.6 cm³/mol. The fourth-order valence-electron chi connectivity index (χ4n) is 2.59. The number of benzene rings is 1. The van der Waals surface area contributed by atoms with Crippen LogP contribution in [0.1, 0.15) is 30.1 Å². The Morgan fingerprint density at radius 3 is 2.76 bits per heavy atom. The third kappa shape index (κ3) is 4.41. The van der Waals surface area contributed by atoms with Crippen molar-refractivity contribution in [2.45, 2.75) is 31.5 Å². The zero-order chi connectivity index (χ0) is 15.3. The summed E-state index contributed by atoms with van der Waals surface area (Å²) >= 11 is 0. The van der Waals surface area contributed by atoms with Crippen LogP contribution in [-0.2, 0) is 4.74 Å². The Balaban J connectivity index is 1.89. The maximum Gasteiger partial charge on any atom is 0.124 e. The largest absolute Gasteiger partial charge is 0.496 e. The fourth-order valence-corrected chi connectivity index (χ4v) is 2.59. The summed E-state index contributed by atoms with van der Waals surface area (Å²) < 4.78 is 10.5. The number of methoxy groups -OCH3 is 1. The van der Waals surface area contributed by atoms with Crippen molar-refractivity contribution in [3.8, 4) is 5.75 Å². The number of hydrogen-bond donors (Lipinski definition) is 3. The summed E-state index contributed by atoms with van der Waals surface area (Å²) in [5, 5.41) is 23.8. The molecule has 5 nitrogen and oxygen atoms in total. The van der Waals surface area contributed by atoms with Crippen LogP contribution in [0.3, 0.4) is 0 Å². The van der Waals surface area contributed by atoms with E-state index < -0.39 is 11.7 Å². The highest BCUT2D eigenvalue weighted by atomic mass is 16.5. The number of aliphatic hydroxyl groups is 2. The Morgan fingerprint density at radius 2 is 2.10 bits per heavy atom. The predicted octanol–water partition coefficient (Wildman–Crippen LogP) is 1.17. The van der Waals surface area contributed by atoms with Gasteiger partial charge in [-0.3, -0.25) is 0 Å². The lowest BCUT2D eigenvalue weighted by Gasteiger charge is -2.32. The molecule has 0 aliphatic carbocycles. The number of aryl methyl sites for hydroxylation is 1. The Kier molecular flexibility index (Phi) is 5.58. The number of nitrogens with one attached hydrogen (secondary N) is 1. The van der Waals surface area contributed by atoms with Crippen molar-refractivity contribution in [2.75, 3.05) is 33.4 Å². The van der Waals surface area contributed by atoms with E-state index in [1.54, 1.807) is 7.11 Å². The van der Waals surface area contributed by atoms with Crippen LogP contribution < -0.4 is 10.1 Å². The first-order valence-electron chi connectivity index (χ1n) is 7.37. The van der Waals surface area contributed by atoms with Gasteiger partial charge in [-0.25, -0.2) is 0 Å². The van der Waals surface area contributed by atoms with Crippen LogP contribution >= 0.6 is 0 Å². The molecule has 1 saturated heterocycles. The van der Waals surface area contributed by atoms with E-state index in [0.717, 1.165) is 11.1 Å². The third-order valence-electron chi connectivity index (χ3n) is 3.96. The fraction of sp³-hybridized carbons (Fsp3) is 0.625. The minimum atomic E-state index is -0.728. The Morgan fingerprint density at radius 1 is 1.38 bits per heavy atom. The molecule has 1 aliphatic heterocycles. The molecule has 1 heterocycles. The van der Waals surface area contributed by atoms with Crippen molar-refractivity contribution in [3.05, 3.63) is 29.3 Å². The van der Waals surface area contributed by atoms with E-state index in [0.29, 0.717) is 44.9 Å². The lowest BCUT2D eigenvalue weighted by atomic mass is 9.94. The van der Waals surface area contributed by atoms with E-state index in [1.165, 1.54) is 0 Å². The van der Waals surface area contributed by atoms with Crippen molar-refractivity contribution < 1.29 is 19.7 Å². The van der Waals surface area contributed by atoms with Gasteiger partial charge in [0.25, 0.3) is 0 Å². The van der Waals surface area contributed by atoms with Gasteiger partial charge >= 0.3 is 0 Å². The van der Waals surface area contributed by atoms with E-state index in [9.17, 15) is 10.2 Å². The van der Waals surface area contributed by atoms with Crippen molar-refractivity contribution in [3.63, 3.8) is 0 Å². The average molecular weight is 295 g/mol. The topological polar surface area (TPSA) is 71.0 Å². The van der Waals surface area contributed by atoms with Crippen molar-refractivity contribution in [1.82, 2.24) is 5.32 Å². The van der Waals surface area contributed by atoms with Crippen LogP contribution in [0.25, 0.3) is 0 Å². The van der Waals surface area contributed by atoms with Crippen molar-refractivity contribution in [1.29, 1.82) is 0 Å². The minimum Gasteiger partial charge on any atom is -0.496 e. The van der Waals surface area contributed by atoms with Crippen LogP contribution in [0.15, 0.2) is 18.2 Å². The zero-order valence-corrected chi connectivity index (χ0v) is 12.8. The van der Waals surface area contributed by atoms with Gasteiger partial charge in [0.2, 0.25) is 0 Å². The van der Waals surface area contributed by atoms with Crippen LogP contribution in [0.4, 0.5) is 0 Å². The summed E-state index contributed by atoms with van der Waals surface area (Å²) in [7, 11) is 1.60. The van der Waals surface area contributed by atoms with Gasteiger partial charge in [0.1, 0.15) is 5.75 Å². The first-order chi connectivity index (χ1) is 10.0. The summed E-state index contributed by atoms with van der Waals surface area (Å²) in [6, 6.07) is 5.74. The van der Waals surface area contributed by atoms with E-state index in [1.807, 2.05) is 25.1 Å². The van der Waals surface area contributed by atoms with Gasteiger partial charge in [-0.05, 0) is 19.1 Å². The summed E-state index contributed by atoms with van der Waals surface area (Å²) in [6.07, 6.45) is 0.594. The molecule has 3 N–H and O–H groups in total. The van der Waals surface area contributed by atoms with Gasteiger partial charge < -0.3 is 25.0 Å². The molecule has 1 aliphatic rings. The second-order valence-electron chi connectivity index (χ2n) is 5.73. The van der Waals surface area contributed by atoms with Crippen molar-refractivity contribution in [2.24, 2.45) is 0 Å². The zero-order valence-electron chi connectivity index (χ0n) is 12.8. The van der Waals surface area contributed by atoms with Gasteiger partial charge in [-0.15, -0.1) is 0 Å². The lowest BCUT2D eigenvalue weighted by molar-refractivity contribution is -0.0624. The monoisotopic (exact) mass is 295 g/mol. The Labute approximate surface area is 125 Å². The first kappa shape index (κ1) is 16.2. The molecule has 118 valence electrons. The highest BCUT2D eigenvalue weighted by Crippen LogP contribution is 2.26. The van der Waals surface area contributed by atoms with Gasteiger partial charge in [0.05, 0.1) is 18.8 Å². The summed E-state index contributed by atoms with van der Waals surface area (Å²) in [5.74, 6) is 0.680. The number of aliphatic hydroxyl groups excluding tert-OH is 1. The number of ether oxygens (including phenoxy) is 2. The molecule has 2 rings (SSSR count). The second kappa shape index (κ2) is 7.22. The first-order valence-corrected chi connectivity index (χ1v) is 7.37. The van der Waals surface area contributed by atoms with E-state index in [-0.39, 0.29) is 0 Å². The summed E-state index contributed by atoms with van der Waals surface area (Å²) in [5.41, 5.74) is 1.12. The van der Waals surface area contributed by atoms with E-state index in [4.69, 9.17) is 9.47 Å². The molecule has 1 fully saturated rings. The molecule has 5 heteroatoms. The Hall–Kier alpha value is -1.14. The molecule has 1 unspecified atom stereocenters. The molecule has 0 aromatic heterocycles. The van der Waals surface area contributed by atoms with Gasteiger partial charge in [0, 0.05) is 44.7 Å². The smallest absolute Gasteiger partial charge is 0.124 e. The molecule has 1 aromatic rings. The molecule has 1 aromatic carbocycles. The van der Waals surface area contributed by atoms with Gasteiger partial charge in [0.15, 0.2) is 0 Å². The molecule has 21 heavy (non-hydrogen) atoms. The van der Waals surface area contributed by atoms with E-state index >= 15 is 0 Å². The Bertz CT molecular complexity index is 458. The van der Waals surface area contributed by atoms with Gasteiger partial charge in [-0.2, -0.15) is 0 Å². The van der Waals surface area contributed by atoms with Crippen LogP contribution in [-0.4, -0.2) is 49.2 Å². The molecule has 0 radical (unpaired) electrons. The molecule has 0 spiro atoms. The highest BCUT2D eigenvalue weighted by Gasteiger charge is 2.29. The van der Waals surface area contributed by atoms with Crippen LogP contribution in [0, 0.1) is 6.92 Å². The standard InChI is InChI=1S/C16H25NO4/c1-12-3-4-15(20-2)13(9-12)14(18)10-17-11-16(19)5-7-21-8-6-16/h3-4,9,14,17-19H,5-8,10-11H2,1-2H3. The number of rotatable bonds is 6. The maximum atomic E-state index is 10.4. The average Bonchev–Trinajstić information content (AvgIpc) is 2.47. The number of hydrogen-bond acceptors (Lipinski definition) is 5. The minimum absolute atomic E-state index is 0.378. The molecule has 0 saturated carbocycles. The SMILES string of the molecule is COc1ccc(C)cc1C(O)CNCC1(O)CCOCC1. The summed E-state index contributed by atoms with van der Waals surface area (Å²) in [6.45, 7) is 4.00. The normalized spacial score (nSPS) is 19.2. The van der Waals surface area contributed by atoms with E-state index in [2.05, 4.69) is 5.32 Å². The maximum absolute atomic E-state index is 10.4. The lowest BCUT2D eigenvalue weighted by Crippen LogP contribution is -2.45. The molecule has 0 amide bonds. The molecule has 0 bridgehead atoms. The molecule has 1 atom stereocenters. The van der Waals surface area contributed by atoms with Crippen LogP contribution in [0.2, 0.25) is 0 Å². The van der Waals surface area contributed by atoms with Crippen LogP contribution in [0.5, 0.6) is 5.75 Å².